The van der Waals surface area contributed by atoms with Gasteiger partial charge in [-0.2, -0.15) is 0 Å². The predicted octanol–water partition coefficient (Wildman–Crippen LogP) is 2.16. The van der Waals surface area contributed by atoms with E-state index in [0.29, 0.717) is 22.5 Å². The maximum Gasteiger partial charge on any atom is 0.189 e. The minimum Gasteiger partial charge on any atom is -0.497 e. The van der Waals surface area contributed by atoms with Gasteiger partial charge in [-0.05, 0) is 18.2 Å². The van der Waals surface area contributed by atoms with Gasteiger partial charge in [0.05, 0.1) is 30.5 Å². The number of fused-ring (bicyclic) bond motifs is 1. The normalized spacial score (nSPS) is 14.9. The van der Waals surface area contributed by atoms with E-state index < -0.39 is 0 Å². The van der Waals surface area contributed by atoms with Crippen LogP contribution in [0.25, 0.3) is 10.2 Å². The zero-order valence-corrected chi connectivity index (χ0v) is 16.5. The van der Waals surface area contributed by atoms with Gasteiger partial charge >= 0.3 is 0 Å². The van der Waals surface area contributed by atoms with Crippen LogP contribution in [0.4, 0.5) is 22.5 Å². The average Bonchev–Trinajstić information content (AvgIpc) is 3.13. The molecule has 4 N–H and O–H groups in total. The van der Waals surface area contributed by atoms with Crippen molar-refractivity contribution < 1.29 is 9.47 Å². The van der Waals surface area contributed by atoms with Crippen LogP contribution >= 0.6 is 11.3 Å². The first kappa shape index (κ1) is 18.7. The molecule has 3 heterocycles. The molecule has 0 atom stereocenters. The maximum absolute atomic E-state index is 6.26. The van der Waals surface area contributed by atoms with Gasteiger partial charge in [0.2, 0.25) is 0 Å². The highest BCUT2D eigenvalue weighted by atomic mass is 32.1. The maximum atomic E-state index is 6.26. The van der Waals surface area contributed by atoms with Gasteiger partial charge in [0.1, 0.15) is 17.8 Å². The highest BCUT2D eigenvalue weighted by Crippen LogP contribution is 2.32. The van der Waals surface area contributed by atoms with Crippen LogP contribution in [0.5, 0.6) is 5.75 Å². The largest absolute Gasteiger partial charge is 0.497 e. The van der Waals surface area contributed by atoms with Gasteiger partial charge < -0.3 is 25.8 Å². The summed E-state index contributed by atoms with van der Waals surface area (Å²) in [5, 5.41) is 7.21. The molecule has 3 aromatic rings. The van der Waals surface area contributed by atoms with Crippen LogP contribution in [-0.2, 0) is 4.74 Å². The number of morpholine rings is 1. The monoisotopic (exact) mass is 401 g/mol. The highest BCUT2D eigenvalue weighted by molar-refractivity contribution is 7.22. The number of rotatable bonds is 7. The van der Waals surface area contributed by atoms with Gasteiger partial charge in [0.25, 0.3) is 0 Å². The minimum absolute atomic E-state index is 0.473. The standard InChI is InChI=1S/C18H23N7O2S/c1-26-12-2-3-13-14(10-12)28-18(23-13)24-17-15(19)16(21-11-22-17)20-4-5-25-6-8-27-9-7-25/h2-3,10-11H,4-9,19H2,1H3,(H2,20,21,22,23,24). The summed E-state index contributed by atoms with van der Waals surface area (Å²) in [6, 6.07) is 5.78. The molecular weight excluding hydrogens is 378 g/mol. The number of aromatic nitrogens is 3. The van der Waals surface area contributed by atoms with E-state index in [2.05, 4.69) is 30.5 Å². The van der Waals surface area contributed by atoms with Crippen LogP contribution in [0.3, 0.4) is 0 Å². The first-order valence-corrected chi connectivity index (χ1v) is 9.90. The number of ether oxygens (including phenoxy) is 2. The molecule has 1 saturated heterocycles. The summed E-state index contributed by atoms with van der Waals surface area (Å²) in [5.41, 5.74) is 7.63. The minimum atomic E-state index is 0.473. The second-order valence-corrected chi connectivity index (χ2v) is 7.37. The number of methoxy groups -OCH3 is 1. The summed E-state index contributed by atoms with van der Waals surface area (Å²) < 4.78 is 11.7. The van der Waals surface area contributed by atoms with E-state index in [1.807, 2.05) is 18.2 Å². The molecule has 0 radical (unpaired) electrons. The molecule has 28 heavy (non-hydrogen) atoms. The average molecular weight is 401 g/mol. The van der Waals surface area contributed by atoms with Crippen LogP contribution in [-0.4, -0.2) is 66.4 Å². The molecule has 0 spiro atoms. The van der Waals surface area contributed by atoms with Crippen LogP contribution < -0.4 is 21.1 Å². The van der Waals surface area contributed by atoms with E-state index in [1.54, 1.807) is 7.11 Å². The molecule has 10 heteroatoms. The molecule has 0 aliphatic carbocycles. The van der Waals surface area contributed by atoms with Crippen LogP contribution in [0.15, 0.2) is 24.5 Å². The Morgan fingerprint density at radius 1 is 1.25 bits per heavy atom. The molecule has 4 rings (SSSR count). The van der Waals surface area contributed by atoms with Crippen molar-refractivity contribution in [1.29, 1.82) is 0 Å². The van der Waals surface area contributed by atoms with E-state index in [4.69, 9.17) is 15.2 Å². The summed E-state index contributed by atoms with van der Waals surface area (Å²) in [4.78, 5) is 15.5. The van der Waals surface area contributed by atoms with Gasteiger partial charge in [-0.15, -0.1) is 0 Å². The molecule has 2 aromatic heterocycles. The third-order valence-electron chi connectivity index (χ3n) is 4.53. The molecular formula is C18H23N7O2S. The second-order valence-electron chi connectivity index (χ2n) is 6.34. The summed E-state index contributed by atoms with van der Waals surface area (Å²) in [5.74, 6) is 1.96. The Balaban J connectivity index is 1.42. The van der Waals surface area contributed by atoms with E-state index in [-0.39, 0.29) is 0 Å². The molecule has 0 saturated carbocycles. The fourth-order valence-corrected chi connectivity index (χ4v) is 3.87. The molecule has 1 aliphatic rings. The summed E-state index contributed by atoms with van der Waals surface area (Å²) in [6.07, 6.45) is 1.49. The summed E-state index contributed by atoms with van der Waals surface area (Å²) >= 11 is 1.52. The van der Waals surface area contributed by atoms with E-state index in [9.17, 15) is 0 Å². The lowest BCUT2D eigenvalue weighted by molar-refractivity contribution is 0.0398. The smallest absolute Gasteiger partial charge is 0.189 e. The van der Waals surface area contributed by atoms with Crippen molar-refractivity contribution in [2.24, 2.45) is 0 Å². The van der Waals surface area contributed by atoms with Crippen LogP contribution in [0.2, 0.25) is 0 Å². The lowest BCUT2D eigenvalue weighted by Crippen LogP contribution is -2.39. The first-order chi connectivity index (χ1) is 13.7. The number of nitrogens with two attached hydrogens (primary N) is 1. The number of nitrogen functional groups attached to an aromatic ring is 1. The lowest BCUT2D eigenvalue weighted by Gasteiger charge is -2.26. The lowest BCUT2D eigenvalue weighted by atomic mass is 10.3. The van der Waals surface area contributed by atoms with E-state index in [0.717, 1.165) is 55.4 Å². The Hall–Kier alpha value is -2.69. The molecule has 1 aromatic carbocycles. The van der Waals surface area contributed by atoms with Crippen molar-refractivity contribution in [3.8, 4) is 5.75 Å². The van der Waals surface area contributed by atoms with Crippen molar-refractivity contribution in [2.75, 3.05) is 62.9 Å². The van der Waals surface area contributed by atoms with Crippen molar-refractivity contribution in [2.45, 2.75) is 0 Å². The third kappa shape index (κ3) is 4.24. The Kier molecular flexibility index (Phi) is 5.70. The predicted molar refractivity (Wildman–Crippen MR) is 112 cm³/mol. The zero-order valence-electron chi connectivity index (χ0n) is 15.6. The molecule has 0 amide bonds. The fraction of sp³-hybridized carbons (Fsp3) is 0.389. The number of anilines is 4. The van der Waals surface area contributed by atoms with Crippen molar-refractivity contribution in [3.05, 3.63) is 24.5 Å². The second kappa shape index (κ2) is 8.55. The number of nitrogens with zero attached hydrogens (tertiary/aromatic N) is 4. The van der Waals surface area contributed by atoms with Crippen LogP contribution in [0.1, 0.15) is 0 Å². The Bertz CT molecular complexity index is 943. The highest BCUT2D eigenvalue weighted by Gasteiger charge is 2.13. The van der Waals surface area contributed by atoms with Gasteiger partial charge in [0.15, 0.2) is 16.8 Å². The quantitative estimate of drug-likeness (QED) is 0.548. The topological polar surface area (TPSA) is 110 Å². The number of benzene rings is 1. The molecule has 1 aliphatic heterocycles. The van der Waals surface area contributed by atoms with Gasteiger partial charge in [-0.1, -0.05) is 11.3 Å². The number of hydrogen-bond acceptors (Lipinski definition) is 10. The number of thiazole rings is 1. The first-order valence-electron chi connectivity index (χ1n) is 9.09. The Morgan fingerprint density at radius 2 is 2.07 bits per heavy atom. The molecule has 9 nitrogen and oxygen atoms in total. The number of hydrogen-bond donors (Lipinski definition) is 3. The Morgan fingerprint density at radius 3 is 2.89 bits per heavy atom. The Labute approximate surface area is 166 Å². The van der Waals surface area contributed by atoms with Crippen LogP contribution in [0, 0.1) is 0 Å². The SMILES string of the molecule is COc1ccc2nc(Nc3ncnc(NCCN4CCOCC4)c3N)sc2c1. The summed E-state index contributed by atoms with van der Waals surface area (Å²) in [6.45, 7) is 5.15. The zero-order chi connectivity index (χ0) is 19.3. The van der Waals surface area contributed by atoms with Crippen molar-refractivity contribution in [1.82, 2.24) is 19.9 Å². The number of nitrogens with one attached hydrogen (secondary N) is 2. The van der Waals surface area contributed by atoms with E-state index in [1.165, 1.54) is 17.7 Å². The molecule has 148 valence electrons. The molecule has 1 fully saturated rings. The summed E-state index contributed by atoms with van der Waals surface area (Å²) in [7, 11) is 1.65. The third-order valence-corrected chi connectivity index (χ3v) is 5.46. The fourth-order valence-electron chi connectivity index (χ4n) is 2.98. The van der Waals surface area contributed by atoms with Gasteiger partial charge in [0, 0.05) is 26.2 Å². The van der Waals surface area contributed by atoms with Gasteiger partial charge in [-0.3, -0.25) is 4.90 Å². The van der Waals surface area contributed by atoms with Gasteiger partial charge in [-0.25, -0.2) is 15.0 Å². The van der Waals surface area contributed by atoms with Crippen molar-refractivity contribution in [3.63, 3.8) is 0 Å². The van der Waals surface area contributed by atoms with E-state index >= 15 is 0 Å². The van der Waals surface area contributed by atoms with Crippen molar-refractivity contribution >= 4 is 44.0 Å². The molecule has 0 unspecified atom stereocenters. The molecule has 0 bridgehead atoms.